The number of carbonyl (C=O) groups excluding carboxylic acids is 1. The molecule has 9 nitrogen and oxygen atoms in total. The zero-order valence-electron chi connectivity index (χ0n) is 12.7. The van der Waals surface area contributed by atoms with Gasteiger partial charge in [-0.2, -0.15) is 0 Å². The molecule has 1 amide bonds. The molecule has 1 aromatic carbocycles. The van der Waals surface area contributed by atoms with Gasteiger partial charge in [0, 0.05) is 23.5 Å². The van der Waals surface area contributed by atoms with Gasteiger partial charge in [-0.1, -0.05) is 12.1 Å². The molecule has 0 spiro atoms. The summed E-state index contributed by atoms with van der Waals surface area (Å²) >= 11 is 0. The van der Waals surface area contributed by atoms with Crippen molar-refractivity contribution in [3.63, 3.8) is 0 Å². The summed E-state index contributed by atoms with van der Waals surface area (Å²) in [4.78, 5) is 34.6. The van der Waals surface area contributed by atoms with Gasteiger partial charge in [0.25, 0.3) is 5.69 Å². The predicted octanol–water partition coefficient (Wildman–Crippen LogP) is 1.35. The summed E-state index contributed by atoms with van der Waals surface area (Å²) in [6.07, 6.45) is 1.56. The lowest BCUT2D eigenvalue weighted by molar-refractivity contribution is -0.385. The highest BCUT2D eigenvalue weighted by atomic mass is 16.6. The van der Waals surface area contributed by atoms with Gasteiger partial charge in [0.05, 0.1) is 4.92 Å². The molecule has 3 aromatic rings. The first kappa shape index (κ1) is 15.4. The van der Waals surface area contributed by atoms with Crippen molar-refractivity contribution in [2.24, 2.45) is 0 Å². The number of nitrogens with one attached hydrogen (secondary N) is 1. The van der Waals surface area contributed by atoms with Gasteiger partial charge in [-0.3, -0.25) is 19.3 Å². The second kappa shape index (κ2) is 5.95. The van der Waals surface area contributed by atoms with Crippen LogP contribution >= 0.6 is 0 Å². The quantitative estimate of drug-likeness (QED) is 0.574. The molecule has 0 atom stereocenters. The van der Waals surface area contributed by atoms with E-state index < -0.39 is 16.5 Å². The number of amides is 1. The molecule has 0 saturated heterocycles. The third-order valence-electron chi connectivity index (χ3n) is 3.47. The molecule has 9 heteroatoms. The SMILES string of the molecule is Cc1ccc(NC(=O)Cn2nc3ccccn3c2=O)cc1[N+](=O)[O-]. The van der Waals surface area contributed by atoms with Crippen LogP contribution in [-0.2, 0) is 11.3 Å². The maximum absolute atomic E-state index is 12.1. The van der Waals surface area contributed by atoms with E-state index in [1.165, 1.54) is 10.5 Å². The molecule has 3 rings (SSSR count). The fourth-order valence-electron chi connectivity index (χ4n) is 2.29. The number of aromatic nitrogens is 3. The van der Waals surface area contributed by atoms with Crippen molar-refractivity contribution in [2.75, 3.05) is 5.32 Å². The number of aryl methyl sites for hydroxylation is 1. The number of hydrogen-bond donors (Lipinski definition) is 1. The normalized spacial score (nSPS) is 10.7. The summed E-state index contributed by atoms with van der Waals surface area (Å²) in [6, 6.07) is 9.46. The zero-order valence-corrected chi connectivity index (χ0v) is 12.7. The van der Waals surface area contributed by atoms with E-state index >= 15 is 0 Å². The Morgan fingerprint density at radius 2 is 2.12 bits per heavy atom. The van der Waals surface area contributed by atoms with Crippen LogP contribution in [-0.4, -0.2) is 25.0 Å². The number of hydrogen-bond acceptors (Lipinski definition) is 5. The molecular formula is C15H13N5O4. The topological polar surface area (TPSA) is 112 Å². The number of pyridine rings is 1. The van der Waals surface area contributed by atoms with Crippen LogP contribution in [0.4, 0.5) is 11.4 Å². The van der Waals surface area contributed by atoms with Gasteiger partial charge in [0.2, 0.25) is 5.91 Å². The lowest BCUT2D eigenvalue weighted by Gasteiger charge is -2.05. The van der Waals surface area contributed by atoms with Crippen LogP contribution in [0.1, 0.15) is 5.56 Å². The number of rotatable bonds is 4. The smallest absolute Gasteiger partial charge is 0.324 e. The van der Waals surface area contributed by atoms with Crippen molar-refractivity contribution in [2.45, 2.75) is 13.5 Å². The monoisotopic (exact) mass is 327 g/mol. The maximum atomic E-state index is 12.1. The van der Waals surface area contributed by atoms with Crippen LogP contribution in [0.15, 0.2) is 47.4 Å². The summed E-state index contributed by atoms with van der Waals surface area (Å²) in [5, 5.41) is 17.5. The summed E-state index contributed by atoms with van der Waals surface area (Å²) in [5.74, 6) is -0.501. The van der Waals surface area contributed by atoms with Crippen LogP contribution < -0.4 is 11.0 Å². The highest BCUT2D eigenvalue weighted by Crippen LogP contribution is 2.22. The van der Waals surface area contributed by atoms with Gasteiger partial charge in [-0.15, -0.1) is 5.10 Å². The van der Waals surface area contributed by atoms with Crippen LogP contribution in [0, 0.1) is 17.0 Å². The Labute approximate surface area is 135 Å². The Hall–Kier alpha value is -3.49. The van der Waals surface area contributed by atoms with E-state index in [0.29, 0.717) is 11.2 Å². The van der Waals surface area contributed by atoms with Gasteiger partial charge in [0.1, 0.15) is 6.54 Å². The molecule has 0 fully saturated rings. The lowest BCUT2D eigenvalue weighted by atomic mass is 10.2. The highest BCUT2D eigenvalue weighted by Gasteiger charge is 2.14. The second-order valence-electron chi connectivity index (χ2n) is 5.18. The fraction of sp³-hybridized carbons (Fsp3) is 0.133. The summed E-state index contributed by atoms with van der Waals surface area (Å²) in [7, 11) is 0. The fourth-order valence-corrected chi connectivity index (χ4v) is 2.29. The van der Waals surface area contributed by atoms with Crippen molar-refractivity contribution in [3.8, 4) is 0 Å². The Morgan fingerprint density at radius 3 is 2.83 bits per heavy atom. The molecule has 0 saturated carbocycles. The number of anilines is 1. The van der Waals surface area contributed by atoms with Crippen molar-refractivity contribution >= 4 is 22.9 Å². The standard InChI is InChI=1S/C15H13N5O4/c1-10-5-6-11(8-12(10)20(23)24)16-14(21)9-19-15(22)18-7-3-2-4-13(18)17-19/h2-8H,9H2,1H3,(H,16,21). The van der Waals surface area contributed by atoms with Crippen LogP contribution in [0.3, 0.4) is 0 Å². The highest BCUT2D eigenvalue weighted by molar-refractivity contribution is 5.90. The summed E-state index contributed by atoms with van der Waals surface area (Å²) in [5.41, 5.74) is 0.693. The number of nitro groups is 1. The predicted molar refractivity (Wildman–Crippen MR) is 85.9 cm³/mol. The third-order valence-corrected chi connectivity index (χ3v) is 3.47. The minimum Gasteiger partial charge on any atom is -0.324 e. The molecule has 1 N–H and O–H groups in total. The molecule has 0 aliphatic heterocycles. The molecule has 2 heterocycles. The van der Waals surface area contributed by atoms with Gasteiger partial charge in [-0.25, -0.2) is 9.48 Å². The Bertz CT molecular complexity index is 1000. The zero-order chi connectivity index (χ0) is 17.3. The minimum atomic E-state index is -0.516. The summed E-state index contributed by atoms with van der Waals surface area (Å²) in [6.45, 7) is 1.32. The van der Waals surface area contributed by atoms with Crippen LogP contribution in [0.25, 0.3) is 5.65 Å². The molecule has 0 bridgehead atoms. The number of fused-ring (bicyclic) bond motifs is 1. The largest absolute Gasteiger partial charge is 0.350 e. The van der Waals surface area contributed by atoms with E-state index in [0.717, 1.165) is 4.68 Å². The molecule has 0 radical (unpaired) electrons. The average Bonchev–Trinajstić information content (AvgIpc) is 2.85. The number of carbonyl (C=O) groups is 1. The van der Waals surface area contributed by atoms with Crippen molar-refractivity contribution < 1.29 is 9.72 Å². The molecule has 0 aliphatic carbocycles. The van der Waals surface area contributed by atoms with Crippen molar-refractivity contribution in [1.82, 2.24) is 14.2 Å². The van der Waals surface area contributed by atoms with E-state index in [-0.39, 0.29) is 17.9 Å². The Balaban J connectivity index is 1.80. The van der Waals surface area contributed by atoms with E-state index in [1.807, 2.05) is 0 Å². The molecule has 24 heavy (non-hydrogen) atoms. The maximum Gasteiger partial charge on any atom is 0.350 e. The van der Waals surface area contributed by atoms with Gasteiger partial charge in [0.15, 0.2) is 5.65 Å². The van der Waals surface area contributed by atoms with Gasteiger partial charge < -0.3 is 5.32 Å². The van der Waals surface area contributed by atoms with Crippen LogP contribution in [0.2, 0.25) is 0 Å². The summed E-state index contributed by atoms with van der Waals surface area (Å²) < 4.78 is 2.36. The second-order valence-corrected chi connectivity index (χ2v) is 5.18. The van der Waals surface area contributed by atoms with Crippen LogP contribution in [0.5, 0.6) is 0 Å². The molecular weight excluding hydrogens is 314 g/mol. The van der Waals surface area contributed by atoms with Gasteiger partial charge in [-0.05, 0) is 25.1 Å². The van der Waals surface area contributed by atoms with Gasteiger partial charge >= 0.3 is 5.69 Å². The Kier molecular flexibility index (Phi) is 3.82. The number of nitro benzene ring substituents is 1. The minimum absolute atomic E-state index is 0.0855. The molecule has 0 unspecified atom stereocenters. The first-order valence-corrected chi connectivity index (χ1v) is 7.05. The van der Waals surface area contributed by atoms with E-state index in [2.05, 4.69) is 10.4 Å². The first-order chi connectivity index (χ1) is 11.5. The average molecular weight is 327 g/mol. The lowest BCUT2D eigenvalue weighted by Crippen LogP contribution is -2.28. The third kappa shape index (κ3) is 2.86. The molecule has 2 aromatic heterocycles. The van der Waals surface area contributed by atoms with E-state index in [1.54, 1.807) is 43.5 Å². The van der Waals surface area contributed by atoms with Crippen molar-refractivity contribution in [3.05, 3.63) is 68.8 Å². The first-order valence-electron chi connectivity index (χ1n) is 7.05. The molecule has 122 valence electrons. The number of nitrogens with zero attached hydrogens (tertiary/aromatic N) is 4. The Morgan fingerprint density at radius 1 is 1.33 bits per heavy atom. The van der Waals surface area contributed by atoms with E-state index in [9.17, 15) is 19.7 Å². The number of benzene rings is 1. The molecule has 0 aliphatic rings. The van der Waals surface area contributed by atoms with Crippen molar-refractivity contribution in [1.29, 1.82) is 0 Å². The van der Waals surface area contributed by atoms with E-state index in [4.69, 9.17) is 0 Å².